The lowest BCUT2D eigenvalue weighted by atomic mass is 10.0. The highest BCUT2D eigenvalue weighted by molar-refractivity contribution is 9.10. The van der Waals surface area contributed by atoms with Crippen molar-refractivity contribution in [1.82, 2.24) is 9.78 Å². The fourth-order valence-corrected chi connectivity index (χ4v) is 4.38. The van der Waals surface area contributed by atoms with Crippen molar-refractivity contribution in [2.45, 2.75) is 31.8 Å². The topological polar surface area (TPSA) is 44.1 Å². The number of halogens is 2. The summed E-state index contributed by atoms with van der Waals surface area (Å²) in [4.78, 5) is 13.5. The van der Waals surface area contributed by atoms with Gasteiger partial charge in [-0.2, -0.15) is 9.78 Å². The molecular weight excluding hydrogens is 440 g/mol. The molecule has 5 rings (SSSR count). The number of hydrogen-bond donors (Lipinski definition) is 0. The fourth-order valence-electron chi connectivity index (χ4n) is 3.85. The third-order valence-corrected chi connectivity index (χ3v) is 6.26. The monoisotopic (exact) mass is 456 g/mol. The molecule has 1 aliphatic heterocycles. The third-order valence-electron chi connectivity index (χ3n) is 5.41. The Morgan fingerprint density at radius 1 is 1.18 bits per heavy atom. The van der Waals surface area contributed by atoms with E-state index in [2.05, 4.69) is 15.9 Å². The van der Waals surface area contributed by atoms with Crippen molar-refractivity contribution >= 4 is 33.4 Å². The zero-order chi connectivity index (χ0) is 19.3. The molecule has 0 bridgehead atoms. The first-order chi connectivity index (χ1) is 13.6. The van der Waals surface area contributed by atoms with Crippen LogP contribution in [-0.4, -0.2) is 22.3 Å². The predicted molar refractivity (Wildman–Crippen MR) is 112 cm³/mol. The van der Waals surface area contributed by atoms with Crippen LogP contribution in [0, 0.1) is 0 Å². The molecule has 0 amide bonds. The molecule has 0 saturated heterocycles. The van der Waals surface area contributed by atoms with Gasteiger partial charge in [-0.25, -0.2) is 0 Å². The molecule has 1 fully saturated rings. The van der Waals surface area contributed by atoms with E-state index < -0.39 is 0 Å². The molecule has 1 saturated carbocycles. The summed E-state index contributed by atoms with van der Waals surface area (Å²) in [7, 11) is 0. The minimum atomic E-state index is -0.169. The Balaban J connectivity index is 1.65. The average Bonchev–Trinajstić information content (AvgIpc) is 3.48. The van der Waals surface area contributed by atoms with Crippen molar-refractivity contribution in [3.8, 4) is 11.3 Å². The molecule has 2 aliphatic rings. The Labute approximate surface area is 176 Å². The van der Waals surface area contributed by atoms with E-state index in [4.69, 9.17) is 21.4 Å². The summed E-state index contributed by atoms with van der Waals surface area (Å²) >= 11 is 9.94. The second-order valence-corrected chi connectivity index (χ2v) is 8.60. The highest BCUT2D eigenvalue weighted by Crippen LogP contribution is 2.43. The van der Waals surface area contributed by atoms with E-state index in [1.807, 2.05) is 36.4 Å². The summed E-state index contributed by atoms with van der Waals surface area (Å²) in [5, 5.41) is 5.23. The van der Waals surface area contributed by atoms with E-state index in [1.54, 1.807) is 6.07 Å². The molecule has 0 unspecified atom stereocenters. The average molecular weight is 458 g/mol. The van der Waals surface area contributed by atoms with Crippen LogP contribution in [0.1, 0.15) is 45.9 Å². The van der Waals surface area contributed by atoms with E-state index in [1.165, 1.54) is 4.68 Å². The number of aromatic nitrogens is 2. The van der Waals surface area contributed by atoms with Crippen LogP contribution >= 0.6 is 27.5 Å². The SMILES string of the molecule is O=C(c1c(Cl)cccc1C1CC1)n1nc(-c2ccc(Br)cc2)c2c1COCC2. The van der Waals surface area contributed by atoms with Gasteiger partial charge in [0.25, 0.3) is 5.91 Å². The molecule has 142 valence electrons. The van der Waals surface area contributed by atoms with Gasteiger partial charge in [-0.3, -0.25) is 4.79 Å². The van der Waals surface area contributed by atoms with Crippen LogP contribution in [0.15, 0.2) is 46.9 Å². The Hall–Kier alpha value is -1.95. The van der Waals surface area contributed by atoms with Gasteiger partial charge in [0.05, 0.1) is 35.2 Å². The van der Waals surface area contributed by atoms with Crippen molar-refractivity contribution in [3.63, 3.8) is 0 Å². The number of benzene rings is 2. The number of carbonyl (C=O) groups excluding carboxylic acids is 1. The number of carbonyl (C=O) groups is 1. The maximum Gasteiger partial charge on any atom is 0.280 e. The van der Waals surface area contributed by atoms with Crippen molar-refractivity contribution < 1.29 is 9.53 Å². The minimum absolute atomic E-state index is 0.169. The second kappa shape index (κ2) is 7.14. The molecule has 28 heavy (non-hydrogen) atoms. The molecule has 0 radical (unpaired) electrons. The van der Waals surface area contributed by atoms with Crippen LogP contribution in [-0.2, 0) is 17.8 Å². The molecular formula is C22H18BrClN2O2. The predicted octanol–water partition coefficient (Wildman–Crippen LogP) is 5.60. The van der Waals surface area contributed by atoms with Crippen molar-refractivity contribution in [2.24, 2.45) is 0 Å². The number of ether oxygens (including phenoxy) is 1. The molecule has 0 N–H and O–H groups in total. The van der Waals surface area contributed by atoms with Gasteiger partial charge in [-0.1, -0.05) is 51.8 Å². The molecule has 2 heterocycles. The number of rotatable bonds is 3. The van der Waals surface area contributed by atoms with Crippen molar-refractivity contribution in [2.75, 3.05) is 6.61 Å². The van der Waals surface area contributed by atoms with E-state index in [0.29, 0.717) is 29.7 Å². The first-order valence-corrected chi connectivity index (χ1v) is 10.6. The van der Waals surface area contributed by atoms with Crippen LogP contribution in [0.5, 0.6) is 0 Å². The summed E-state index contributed by atoms with van der Waals surface area (Å²) in [6.45, 7) is 1.02. The van der Waals surface area contributed by atoms with Crippen molar-refractivity contribution in [3.05, 3.63) is 74.3 Å². The lowest BCUT2D eigenvalue weighted by Crippen LogP contribution is -2.21. The van der Waals surface area contributed by atoms with Crippen LogP contribution in [0.3, 0.4) is 0 Å². The molecule has 2 aromatic carbocycles. The molecule has 0 atom stereocenters. The zero-order valence-electron chi connectivity index (χ0n) is 15.1. The first kappa shape index (κ1) is 18.1. The summed E-state index contributed by atoms with van der Waals surface area (Å²) in [6, 6.07) is 13.7. The number of fused-ring (bicyclic) bond motifs is 1. The lowest BCUT2D eigenvalue weighted by Gasteiger charge is -2.16. The summed E-state index contributed by atoms with van der Waals surface area (Å²) < 4.78 is 8.18. The van der Waals surface area contributed by atoms with E-state index in [0.717, 1.165) is 51.8 Å². The second-order valence-electron chi connectivity index (χ2n) is 7.28. The first-order valence-electron chi connectivity index (χ1n) is 9.41. The third kappa shape index (κ3) is 3.11. The van der Waals surface area contributed by atoms with Gasteiger partial charge in [0.2, 0.25) is 0 Å². The Morgan fingerprint density at radius 2 is 1.96 bits per heavy atom. The molecule has 1 aliphatic carbocycles. The quantitative estimate of drug-likeness (QED) is 0.514. The molecule has 3 aromatic rings. The molecule has 1 aromatic heterocycles. The Bertz CT molecular complexity index is 1070. The van der Waals surface area contributed by atoms with E-state index in [9.17, 15) is 4.79 Å². The van der Waals surface area contributed by atoms with Gasteiger partial charge in [0, 0.05) is 15.6 Å². The Kier molecular flexibility index (Phi) is 4.62. The highest BCUT2D eigenvalue weighted by Gasteiger charge is 2.32. The highest BCUT2D eigenvalue weighted by atomic mass is 79.9. The number of nitrogens with zero attached hydrogens (tertiary/aromatic N) is 2. The van der Waals surface area contributed by atoms with Gasteiger partial charge in [0.1, 0.15) is 0 Å². The fraction of sp³-hybridized carbons (Fsp3) is 0.273. The van der Waals surface area contributed by atoms with Gasteiger partial charge < -0.3 is 4.74 Å². The van der Waals surface area contributed by atoms with E-state index in [-0.39, 0.29) is 5.91 Å². The van der Waals surface area contributed by atoms with Gasteiger partial charge in [0.15, 0.2) is 0 Å². The van der Waals surface area contributed by atoms with Gasteiger partial charge in [-0.05, 0) is 48.9 Å². The van der Waals surface area contributed by atoms with Gasteiger partial charge in [-0.15, -0.1) is 0 Å². The summed E-state index contributed by atoms with van der Waals surface area (Å²) in [6.07, 6.45) is 2.95. The Morgan fingerprint density at radius 3 is 2.71 bits per heavy atom. The van der Waals surface area contributed by atoms with Crippen LogP contribution in [0.25, 0.3) is 11.3 Å². The van der Waals surface area contributed by atoms with E-state index >= 15 is 0 Å². The van der Waals surface area contributed by atoms with Crippen molar-refractivity contribution in [1.29, 1.82) is 0 Å². The lowest BCUT2D eigenvalue weighted by molar-refractivity contribution is 0.0871. The van der Waals surface area contributed by atoms with Gasteiger partial charge >= 0.3 is 0 Å². The summed E-state index contributed by atoms with van der Waals surface area (Å²) in [5.74, 6) is 0.254. The van der Waals surface area contributed by atoms with Crippen LogP contribution in [0.4, 0.5) is 0 Å². The molecule has 4 nitrogen and oxygen atoms in total. The van der Waals surface area contributed by atoms with Crippen LogP contribution in [0.2, 0.25) is 5.02 Å². The standard InChI is InChI=1S/C22H18BrClN2O2/c23-15-8-6-14(7-9-15)21-17-10-11-28-12-19(17)26(25-21)22(27)20-16(13-4-5-13)2-1-3-18(20)24/h1-3,6-9,13H,4-5,10-12H2. The zero-order valence-corrected chi connectivity index (χ0v) is 17.5. The largest absolute Gasteiger partial charge is 0.375 e. The summed E-state index contributed by atoms with van der Waals surface area (Å²) in [5.41, 5.74) is 5.36. The maximum atomic E-state index is 13.5. The minimum Gasteiger partial charge on any atom is -0.375 e. The smallest absolute Gasteiger partial charge is 0.280 e. The maximum absolute atomic E-state index is 13.5. The normalized spacial score (nSPS) is 16.1. The molecule has 6 heteroatoms. The van der Waals surface area contributed by atoms with Crippen LogP contribution < -0.4 is 0 Å². The number of hydrogen-bond acceptors (Lipinski definition) is 3. The molecule has 0 spiro atoms.